The maximum Gasteiger partial charge on any atom is 0.425 e. The number of aromatic nitrogens is 2. The van der Waals surface area contributed by atoms with Crippen LogP contribution < -0.4 is 16.7 Å². The molecule has 0 bridgehead atoms. The van der Waals surface area contributed by atoms with E-state index < -0.39 is 36.5 Å². The van der Waals surface area contributed by atoms with Gasteiger partial charge >= 0.3 is 18.0 Å². The minimum atomic E-state index is -4.48. The number of carbonyl (C=O) groups is 1. The monoisotopic (exact) mass is 422 g/mol. The molecule has 0 aliphatic carbocycles. The van der Waals surface area contributed by atoms with E-state index in [1.165, 1.54) is 7.11 Å². The van der Waals surface area contributed by atoms with Gasteiger partial charge in [-0.3, -0.25) is 13.9 Å². The lowest BCUT2D eigenvalue weighted by Crippen LogP contribution is -2.41. The Hall–Kier alpha value is -2.67. The zero-order valence-corrected chi connectivity index (χ0v) is 15.7. The molecule has 0 fully saturated rings. The van der Waals surface area contributed by atoms with Crippen LogP contribution in [0.4, 0.5) is 18.0 Å². The fraction of sp³-hybridized carbons (Fsp3) is 0.467. The first-order valence-electron chi connectivity index (χ1n) is 7.91. The lowest BCUT2D eigenvalue weighted by Gasteiger charge is -2.13. The Morgan fingerprint density at radius 2 is 2.00 bits per heavy atom. The molecular formula is C15H17F3N4O5S. The first-order chi connectivity index (χ1) is 13.1. The highest BCUT2D eigenvalue weighted by molar-refractivity contribution is 7.20. The van der Waals surface area contributed by atoms with Gasteiger partial charge in [-0.25, -0.2) is 15.0 Å². The van der Waals surface area contributed by atoms with Crippen LogP contribution in [0, 0.1) is 6.92 Å². The molecule has 0 unspecified atom stereocenters. The van der Waals surface area contributed by atoms with Gasteiger partial charge in [-0.05, 0) is 12.5 Å². The Kier molecular flexibility index (Phi) is 6.61. The molecular weight excluding hydrogens is 405 g/mol. The molecule has 0 aliphatic rings. The standard InChI is InChI=1S/C15H17F3N4O5S/c1-8-9(7-19-20-13(24)25)28-12-10(8)11(23)21(5-6-27-2)14(26)22(12)4-3-15(16,17)18/h7,20H,3-6H2,1-2H3,(H,24,25)/b19-7+. The summed E-state index contributed by atoms with van der Waals surface area (Å²) in [4.78, 5) is 36.3. The summed E-state index contributed by atoms with van der Waals surface area (Å²) in [6, 6.07) is 0. The summed E-state index contributed by atoms with van der Waals surface area (Å²) in [5, 5.41) is 12.1. The molecule has 13 heteroatoms. The summed E-state index contributed by atoms with van der Waals surface area (Å²) < 4.78 is 44.7. The third-order valence-electron chi connectivity index (χ3n) is 3.81. The quantitative estimate of drug-likeness (QED) is 0.521. The van der Waals surface area contributed by atoms with Crippen LogP contribution in [-0.4, -0.2) is 46.4 Å². The molecule has 2 aromatic rings. The van der Waals surface area contributed by atoms with E-state index in [-0.39, 0.29) is 23.4 Å². The second kappa shape index (κ2) is 8.56. The molecule has 0 aliphatic heterocycles. The fourth-order valence-electron chi connectivity index (χ4n) is 2.50. The number of aryl methyl sites for hydroxylation is 2. The Bertz CT molecular complexity index is 1020. The molecule has 2 rings (SSSR count). The molecule has 9 nitrogen and oxygen atoms in total. The van der Waals surface area contributed by atoms with Crippen LogP contribution in [0.1, 0.15) is 16.9 Å². The third-order valence-corrected chi connectivity index (χ3v) is 5.06. The highest BCUT2D eigenvalue weighted by Crippen LogP contribution is 2.28. The van der Waals surface area contributed by atoms with E-state index in [1.54, 1.807) is 12.3 Å². The third kappa shape index (κ3) is 4.78. The van der Waals surface area contributed by atoms with Crippen LogP contribution in [0.25, 0.3) is 10.2 Å². The number of alkyl halides is 3. The van der Waals surface area contributed by atoms with Crippen molar-refractivity contribution < 1.29 is 27.8 Å². The molecule has 0 spiro atoms. The van der Waals surface area contributed by atoms with Gasteiger partial charge in [0, 0.05) is 13.7 Å². The van der Waals surface area contributed by atoms with Crippen molar-refractivity contribution in [2.45, 2.75) is 32.6 Å². The molecule has 1 amide bonds. The van der Waals surface area contributed by atoms with E-state index in [1.807, 2.05) is 0 Å². The molecule has 154 valence electrons. The maximum atomic E-state index is 12.7. The van der Waals surface area contributed by atoms with Gasteiger partial charge in [0.05, 0.1) is 36.1 Å². The largest absolute Gasteiger partial charge is 0.464 e. The summed E-state index contributed by atoms with van der Waals surface area (Å²) in [7, 11) is 1.37. The lowest BCUT2D eigenvalue weighted by molar-refractivity contribution is -0.136. The van der Waals surface area contributed by atoms with E-state index in [0.29, 0.717) is 10.4 Å². The van der Waals surface area contributed by atoms with Gasteiger partial charge < -0.3 is 9.84 Å². The predicted octanol–water partition coefficient (Wildman–Crippen LogP) is 1.73. The Morgan fingerprint density at radius 3 is 2.57 bits per heavy atom. The van der Waals surface area contributed by atoms with E-state index >= 15 is 0 Å². The van der Waals surface area contributed by atoms with Gasteiger partial charge in [-0.15, -0.1) is 11.3 Å². The van der Waals surface area contributed by atoms with Crippen LogP contribution >= 0.6 is 11.3 Å². The van der Waals surface area contributed by atoms with Crippen molar-refractivity contribution in [1.82, 2.24) is 14.6 Å². The van der Waals surface area contributed by atoms with Crippen molar-refractivity contribution in [2.75, 3.05) is 13.7 Å². The van der Waals surface area contributed by atoms with Crippen LogP contribution in [0.5, 0.6) is 0 Å². The van der Waals surface area contributed by atoms with Crippen molar-refractivity contribution in [1.29, 1.82) is 0 Å². The highest BCUT2D eigenvalue weighted by atomic mass is 32.1. The Morgan fingerprint density at radius 1 is 1.32 bits per heavy atom. The number of hydrazone groups is 1. The van der Waals surface area contributed by atoms with Crippen LogP contribution in [-0.2, 0) is 17.8 Å². The molecule has 0 atom stereocenters. The molecule has 2 N–H and O–H groups in total. The van der Waals surface area contributed by atoms with Gasteiger partial charge in [0.25, 0.3) is 5.56 Å². The SMILES string of the molecule is COCCn1c(=O)c2c(C)c(/C=N/NC(=O)O)sc2n(CCC(F)(F)F)c1=O. The van der Waals surface area contributed by atoms with Crippen LogP contribution in [0.3, 0.4) is 0 Å². The molecule has 2 heterocycles. The first-order valence-corrected chi connectivity index (χ1v) is 8.73. The number of carboxylic acid groups (broad SMARTS) is 1. The van der Waals surface area contributed by atoms with Gasteiger partial charge in [-0.1, -0.05) is 0 Å². The smallest absolute Gasteiger partial charge is 0.425 e. The number of methoxy groups -OCH3 is 1. The zero-order valence-electron chi connectivity index (χ0n) is 14.9. The molecule has 0 saturated carbocycles. The average molecular weight is 422 g/mol. The first kappa shape index (κ1) is 21.6. The number of thiophene rings is 1. The number of nitrogens with zero attached hydrogens (tertiary/aromatic N) is 3. The van der Waals surface area contributed by atoms with Gasteiger partial charge in [0.2, 0.25) is 0 Å². The minimum Gasteiger partial charge on any atom is -0.464 e. The van der Waals surface area contributed by atoms with E-state index in [2.05, 4.69) is 5.10 Å². The average Bonchev–Trinajstić information content (AvgIpc) is 2.90. The number of halogens is 3. The van der Waals surface area contributed by atoms with Crippen molar-refractivity contribution in [3.05, 3.63) is 31.3 Å². The molecule has 0 saturated heterocycles. The summed E-state index contributed by atoms with van der Waals surface area (Å²) in [6.45, 7) is 0.799. The van der Waals surface area contributed by atoms with Gasteiger partial charge in [0.1, 0.15) is 4.83 Å². The number of nitrogens with one attached hydrogen (secondary N) is 1. The van der Waals surface area contributed by atoms with Crippen molar-refractivity contribution in [3.8, 4) is 0 Å². The van der Waals surface area contributed by atoms with E-state index in [9.17, 15) is 27.6 Å². The number of fused-ring (bicyclic) bond motifs is 1. The lowest BCUT2D eigenvalue weighted by atomic mass is 10.2. The molecule has 0 radical (unpaired) electrons. The van der Waals surface area contributed by atoms with Crippen LogP contribution in [0.2, 0.25) is 0 Å². The van der Waals surface area contributed by atoms with Gasteiger partial charge in [0.15, 0.2) is 0 Å². The maximum absolute atomic E-state index is 12.7. The topological polar surface area (TPSA) is 115 Å². The second-order valence-electron chi connectivity index (χ2n) is 5.70. The van der Waals surface area contributed by atoms with Gasteiger partial charge in [-0.2, -0.15) is 18.3 Å². The Labute approximate surface area is 159 Å². The van der Waals surface area contributed by atoms with E-state index in [0.717, 1.165) is 26.7 Å². The summed E-state index contributed by atoms with van der Waals surface area (Å²) >= 11 is 0.882. The molecule has 0 aromatic carbocycles. The number of rotatable bonds is 7. The molecule has 2 aromatic heterocycles. The summed E-state index contributed by atoms with van der Waals surface area (Å²) in [5.41, 5.74) is 0.627. The fourth-order valence-corrected chi connectivity index (χ4v) is 3.69. The molecule has 28 heavy (non-hydrogen) atoms. The summed E-state index contributed by atoms with van der Waals surface area (Å²) in [5.74, 6) is 0. The Balaban J connectivity index is 2.69. The predicted molar refractivity (Wildman–Crippen MR) is 96.4 cm³/mol. The second-order valence-corrected chi connectivity index (χ2v) is 6.73. The number of ether oxygens (including phenoxy) is 1. The summed E-state index contributed by atoms with van der Waals surface area (Å²) in [6.07, 6.45) is -6.00. The van der Waals surface area contributed by atoms with Crippen molar-refractivity contribution in [2.24, 2.45) is 5.10 Å². The normalized spacial score (nSPS) is 12.2. The number of hydrogen-bond acceptors (Lipinski definition) is 6. The van der Waals surface area contributed by atoms with Crippen LogP contribution in [0.15, 0.2) is 14.7 Å². The number of amides is 1. The van der Waals surface area contributed by atoms with E-state index in [4.69, 9.17) is 9.84 Å². The minimum absolute atomic E-state index is 0.0277. The number of hydrogen-bond donors (Lipinski definition) is 2. The zero-order chi connectivity index (χ0) is 21.1. The van der Waals surface area contributed by atoms with Crippen molar-refractivity contribution in [3.63, 3.8) is 0 Å². The highest BCUT2D eigenvalue weighted by Gasteiger charge is 2.28. The van der Waals surface area contributed by atoms with Crippen molar-refractivity contribution >= 4 is 33.9 Å².